The number of carbonyl (C=O) groups is 1. The van der Waals surface area contributed by atoms with Crippen LogP contribution in [0.25, 0.3) is 0 Å². The third kappa shape index (κ3) is 2.84. The lowest BCUT2D eigenvalue weighted by Crippen LogP contribution is -2.13. The monoisotopic (exact) mass is 438 g/mol. The number of H-pyrrole nitrogens is 1. The SMILES string of the molecule is O=C(Cc1[nH]c(=S)n2c1CC(c1c(F)ccc(Br)c1F)C2)n1ccnc1. The van der Waals surface area contributed by atoms with Gasteiger partial charge in [0.1, 0.15) is 18.0 Å². The van der Waals surface area contributed by atoms with Crippen molar-refractivity contribution in [1.29, 1.82) is 0 Å². The van der Waals surface area contributed by atoms with Crippen LogP contribution in [-0.2, 0) is 19.4 Å². The molecule has 3 heterocycles. The Bertz CT molecular complexity index is 1060. The second-order valence-electron chi connectivity index (χ2n) is 6.16. The number of aromatic amines is 1. The summed E-state index contributed by atoms with van der Waals surface area (Å²) in [5, 5.41) is 0. The fourth-order valence-corrected chi connectivity index (χ4v) is 4.06. The lowest BCUT2D eigenvalue weighted by Gasteiger charge is -2.13. The highest BCUT2D eigenvalue weighted by Gasteiger charge is 2.31. The molecule has 0 radical (unpaired) electrons. The van der Waals surface area contributed by atoms with E-state index in [1.807, 2.05) is 4.57 Å². The average Bonchev–Trinajstić information content (AvgIpc) is 3.31. The predicted molar refractivity (Wildman–Crippen MR) is 96.7 cm³/mol. The second kappa shape index (κ2) is 6.55. The summed E-state index contributed by atoms with van der Waals surface area (Å²) >= 11 is 8.44. The van der Waals surface area contributed by atoms with Gasteiger partial charge in [0.2, 0.25) is 5.91 Å². The van der Waals surface area contributed by atoms with Crippen LogP contribution < -0.4 is 0 Å². The van der Waals surface area contributed by atoms with Crippen LogP contribution in [-0.4, -0.2) is 25.0 Å². The third-order valence-corrected chi connectivity index (χ3v) is 5.56. The molecule has 1 unspecified atom stereocenters. The van der Waals surface area contributed by atoms with Crippen LogP contribution in [0.5, 0.6) is 0 Å². The highest BCUT2D eigenvalue weighted by Crippen LogP contribution is 2.36. The highest BCUT2D eigenvalue weighted by molar-refractivity contribution is 9.10. The summed E-state index contributed by atoms with van der Waals surface area (Å²) in [5.74, 6) is -1.70. The van der Waals surface area contributed by atoms with E-state index in [0.717, 1.165) is 5.69 Å². The van der Waals surface area contributed by atoms with Crippen molar-refractivity contribution in [3.05, 3.63) is 68.7 Å². The molecule has 1 aliphatic heterocycles. The molecule has 5 nitrogen and oxygen atoms in total. The number of halogens is 3. The largest absolute Gasteiger partial charge is 0.334 e. The van der Waals surface area contributed by atoms with Crippen molar-refractivity contribution in [2.24, 2.45) is 0 Å². The zero-order valence-electron chi connectivity index (χ0n) is 13.4. The summed E-state index contributed by atoms with van der Waals surface area (Å²) < 4.78 is 32.6. The topological polar surface area (TPSA) is 55.6 Å². The first-order chi connectivity index (χ1) is 12.5. The molecule has 0 fully saturated rings. The van der Waals surface area contributed by atoms with E-state index in [-0.39, 0.29) is 28.3 Å². The van der Waals surface area contributed by atoms with Crippen molar-refractivity contribution in [1.82, 2.24) is 19.1 Å². The molecule has 9 heteroatoms. The Labute approximate surface area is 160 Å². The standard InChI is InChI=1S/C17H13BrF2N4OS/c18-10-1-2-11(19)15(16(10)20)9-5-13-12(22-17(26)24(13)7-9)6-14(25)23-4-3-21-8-23/h1-4,8-9H,5-7H2,(H,22,26). The Morgan fingerprint density at radius 2 is 2.23 bits per heavy atom. The smallest absolute Gasteiger partial charge is 0.237 e. The van der Waals surface area contributed by atoms with Gasteiger partial charge in [-0.2, -0.15) is 0 Å². The molecule has 3 aromatic rings. The summed E-state index contributed by atoms with van der Waals surface area (Å²) in [6, 6.07) is 2.60. The van der Waals surface area contributed by atoms with Gasteiger partial charge in [-0.15, -0.1) is 0 Å². The van der Waals surface area contributed by atoms with Gasteiger partial charge < -0.3 is 9.55 Å². The number of aromatic nitrogens is 4. The molecule has 1 N–H and O–H groups in total. The average molecular weight is 439 g/mol. The molecular weight excluding hydrogens is 426 g/mol. The van der Waals surface area contributed by atoms with Gasteiger partial charge in [-0.25, -0.2) is 13.8 Å². The maximum Gasteiger partial charge on any atom is 0.237 e. The van der Waals surface area contributed by atoms with E-state index in [4.69, 9.17) is 12.2 Å². The molecule has 26 heavy (non-hydrogen) atoms. The lowest BCUT2D eigenvalue weighted by molar-refractivity contribution is 0.0912. The van der Waals surface area contributed by atoms with Gasteiger partial charge in [0.15, 0.2) is 4.77 Å². The minimum absolute atomic E-state index is 0.0457. The summed E-state index contributed by atoms with van der Waals surface area (Å²) in [4.78, 5) is 19.2. The van der Waals surface area contributed by atoms with Crippen LogP contribution in [0.4, 0.5) is 8.78 Å². The molecule has 1 aromatic carbocycles. The summed E-state index contributed by atoms with van der Waals surface area (Å²) in [6.45, 7) is 0.369. The number of benzene rings is 1. The molecule has 0 saturated carbocycles. The predicted octanol–water partition coefficient (Wildman–Crippen LogP) is 4.01. The minimum Gasteiger partial charge on any atom is -0.334 e. The normalized spacial score (nSPS) is 16.0. The Morgan fingerprint density at radius 3 is 2.96 bits per heavy atom. The van der Waals surface area contributed by atoms with E-state index >= 15 is 0 Å². The molecule has 0 aliphatic carbocycles. The first-order valence-electron chi connectivity index (χ1n) is 7.90. The first-order valence-corrected chi connectivity index (χ1v) is 9.11. The number of hydrogen-bond acceptors (Lipinski definition) is 3. The number of imidazole rings is 2. The number of hydrogen-bond donors (Lipinski definition) is 1. The molecule has 0 bridgehead atoms. The lowest BCUT2D eigenvalue weighted by atomic mass is 9.95. The first kappa shape index (κ1) is 17.3. The number of rotatable bonds is 3. The summed E-state index contributed by atoms with van der Waals surface area (Å²) in [7, 11) is 0. The van der Waals surface area contributed by atoms with E-state index in [2.05, 4.69) is 25.9 Å². The molecular formula is C17H13BrF2N4OS. The van der Waals surface area contributed by atoms with Crippen molar-refractivity contribution >= 4 is 34.1 Å². The van der Waals surface area contributed by atoms with E-state index < -0.39 is 11.6 Å². The van der Waals surface area contributed by atoms with Crippen LogP contribution in [0.15, 0.2) is 35.3 Å². The fraction of sp³-hybridized carbons (Fsp3) is 0.235. The maximum absolute atomic E-state index is 14.4. The summed E-state index contributed by atoms with van der Waals surface area (Å²) in [5.41, 5.74) is 1.53. The van der Waals surface area contributed by atoms with E-state index in [9.17, 15) is 13.6 Å². The number of nitrogens with one attached hydrogen (secondary N) is 1. The molecule has 0 amide bonds. The van der Waals surface area contributed by atoms with Crippen molar-refractivity contribution in [3.8, 4) is 0 Å². The maximum atomic E-state index is 14.4. The quantitative estimate of drug-likeness (QED) is 0.496. The van der Waals surface area contributed by atoms with Gasteiger partial charge in [0, 0.05) is 41.8 Å². The Morgan fingerprint density at radius 1 is 1.42 bits per heavy atom. The molecule has 0 spiro atoms. The third-order valence-electron chi connectivity index (χ3n) is 4.63. The van der Waals surface area contributed by atoms with Crippen LogP contribution in [0.2, 0.25) is 0 Å². The van der Waals surface area contributed by atoms with Crippen molar-refractivity contribution < 1.29 is 13.6 Å². The molecule has 1 aliphatic rings. The highest BCUT2D eigenvalue weighted by atomic mass is 79.9. The van der Waals surface area contributed by atoms with Crippen LogP contribution in [0.3, 0.4) is 0 Å². The van der Waals surface area contributed by atoms with Gasteiger partial charge in [-0.3, -0.25) is 9.36 Å². The van der Waals surface area contributed by atoms with Crippen LogP contribution in [0.1, 0.15) is 27.7 Å². The Balaban J connectivity index is 1.65. The molecule has 4 rings (SSSR count). The van der Waals surface area contributed by atoms with Gasteiger partial charge in [-0.05, 0) is 46.7 Å². The van der Waals surface area contributed by atoms with Gasteiger partial charge in [0.05, 0.1) is 10.9 Å². The van der Waals surface area contributed by atoms with Gasteiger partial charge >= 0.3 is 0 Å². The van der Waals surface area contributed by atoms with Crippen molar-refractivity contribution in [2.45, 2.75) is 25.3 Å². The van der Waals surface area contributed by atoms with Gasteiger partial charge in [0.25, 0.3) is 0 Å². The molecule has 0 saturated heterocycles. The van der Waals surface area contributed by atoms with Crippen LogP contribution in [0, 0.1) is 16.4 Å². The van der Waals surface area contributed by atoms with Crippen LogP contribution >= 0.6 is 28.1 Å². The van der Waals surface area contributed by atoms with E-state index in [1.165, 1.54) is 29.2 Å². The molecule has 2 aromatic heterocycles. The fourth-order valence-electron chi connectivity index (χ4n) is 3.40. The zero-order chi connectivity index (χ0) is 18.4. The zero-order valence-corrected chi connectivity index (χ0v) is 15.8. The second-order valence-corrected chi connectivity index (χ2v) is 7.41. The van der Waals surface area contributed by atoms with Gasteiger partial charge in [-0.1, -0.05) is 0 Å². The van der Waals surface area contributed by atoms with Crippen molar-refractivity contribution in [2.75, 3.05) is 0 Å². The number of nitrogens with zero attached hydrogens (tertiary/aromatic N) is 3. The van der Waals surface area contributed by atoms with Crippen molar-refractivity contribution in [3.63, 3.8) is 0 Å². The Kier molecular flexibility index (Phi) is 4.36. The van der Waals surface area contributed by atoms with E-state index in [1.54, 1.807) is 6.20 Å². The molecule has 1 atom stereocenters. The van der Waals surface area contributed by atoms with E-state index in [0.29, 0.717) is 23.4 Å². The Hall–Kier alpha value is -2.13. The summed E-state index contributed by atoms with van der Waals surface area (Å²) in [6.07, 6.45) is 5.05. The molecule has 134 valence electrons. The number of fused-ring (bicyclic) bond motifs is 1. The number of carbonyl (C=O) groups excluding carboxylic acids is 1. The minimum atomic E-state index is -0.591.